The molecule has 0 aromatic carbocycles. The summed E-state index contributed by atoms with van der Waals surface area (Å²) in [7, 11) is 0. The Morgan fingerprint density at radius 2 is 2.54 bits per heavy atom. The van der Waals surface area contributed by atoms with E-state index < -0.39 is 6.17 Å². The summed E-state index contributed by atoms with van der Waals surface area (Å²) in [6, 6.07) is -0.0946. The lowest BCUT2D eigenvalue weighted by Crippen LogP contribution is -2.14. The summed E-state index contributed by atoms with van der Waals surface area (Å²) in [6.45, 7) is 2.34. The quantitative estimate of drug-likeness (QED) is 0.746. The summed E-state index contributed by atoms with van der Waals surface area (Å²) in [5.41, 5.74) is 0. The topological polar surface area (TPSA) is 51.0 Å². The number of hydrogen-bond donors (Lipinski definition) is 1. The first-order valence-corrected chi connectivity index (χ1v) is 4.49. The summed E-state index contributed by atoms with van der Waals surface area (Å²) < 4.78 is 17.8. The van der Waals surface area contributed by atoms with E-state index in [4.69, 9.17) is 4.52 Å². The molecule has 5 heteroatoms. The first-order chi connectivity index (χ1) is 6.29. The summed E-state index contributed by atoms with van der Waals surface area (Å²) in [6.07, 6.45) is 0.391. The average molecular weight is 185 g/mol. The molecule has 13 heavy (non-hydrogen) atoms. The number of rotatable bonds is 2. The van der Waals surface area contributed by atoms with E-state index in [1.165, 1.54) is 0 Å². The summed E-state index contributed by atoms with van der Waals surface area (Å²) in [5.74, 6) is 1.19. The third kappa shape index (κ3) is 1.70. The van der Waals surface area contributed by atoms with Gasteiger partial charge in [-0.1, -0.05) is 12.1 Å². The molecule has 2 atom stereocenters. The fourth-order valence-corrected chi connectivity index (χ4v) is 1.43. The molecule has 0 spiro atoms. The van der Waals surface area contributed by atoms with Crippen LogP contribution in [0.1, 0.15) is 31.1 Å². The number of aromatic nitrogens is 2. The van der Waals surface area contributed by atoms with Crippen LogP contribution < -0.4 is 5.32 Å². The van der Waals surface area contributed by atoms with Crippen molar-refractivity contribution in [1.29, 1.82) is 0 Å². The third-order valence-electron chi connectivity index (χ3n) is 2.18. The lowest BCUT2D eigenvalue weighted by Gasteiger charge is -2.00. The van der Waals surface area contributed by atoms with Crippen molar-refractivity contribution >= 4 is 0 Å². The van der Waals surface area contributed by atoms with E-state index in [-0.39, 0.29) is 6.04 Å². The van der Waals surface area contributed by atoms with E-state index >= 15 is 0 Å². The first-order valence-electron chi connectivity index (χ1n) is 4.49. The zero-order valence-electron chi connectivity index (χ0n) is 7.46. The van der Waals surface area contributed by atoms with Crippen molar-refractivity contribution in [2.75, 3.05) is 6.54 Å². The van der Waals surface area contributed by atoms with Gasteiger partial charge in [0.15, 0.2) is 5.82 Å². The monoisotopic (exact) mass is 185 g/mol. The van der Waals surface area contributed by atoms with Gasteiger partial charge in [0.25, 0.3) is 0 Å². The van der Waals surface area contributed by atoms with Gasteiger partial charge >= 0.3 is 0 Å². The Labute approximate surface area is 75.5 Å². The highest BCUT2D eigenvalue weighted by Gasteiger charge is 2.28. The predicted octanol–water partition coefficient (Wildman–Crippen LogP) is 1.00. The van der Waals surface area contributed by atoms with Crippen LogP contribution in [0.3, 0.4) is 0 Å². The molecule has 2 unspecified atom stereocenters. The molecule has 0 radical (unpaired) electrons. The van der Waals surface area contributed by atoms with Gasteiger partial charge in [0.05, 0.1) is 6.04 Å². The lowest BCUT2D eigenvalue weighted by atomic mass is 10.2. The molecule has 1 N–H and O–H groups in total. The number of nitrogens with zero attached hydrogens (tertiary/aromatic N) is 2. The third-order valence-corrected chi connectivity index (χ3v) is 2.18. The van der Waals surface area contributed by atoms with Crippen LogP contribution in [0, 0.1) is 0 Å². The van der Waals surface area contributed by atoms with E-state index in [0.717, 1.165) is 6.42 Å². The lowest BCUT2D eigenvalue weighted by molar-refractivity contribution is 0.322. The van der Waals surface area contributed by atoms with Crippen LogP contribution in [0.2, 0.25) is 0 Å². The normalized spacial score (nSPS) is 28.2. The standard InChI is InChI=1S/C8H12FN3O/c1-2-7-11-8(13-12-7)6-3-5(9)4-10-6/h5-6,10H,2-4H2,1H3. The summed E-state index contributed by atoms with van der Waals surface area (Å²) in [5, 5.41) is 6.74. The molecular formula is C8H12FN3O. The Morgan fingerprint density at radius 3 is 3.08 bits per heavy atom. The second-order valence-electron chi connectivity index (χ2n) is 3.20. The van der Waals surface area contributed by atoms with Crippen LogP contribution in [-0.2, 0) is 6.42 Å². The molecule has 4 nitrogen and oxygen atoms in total. The molecule has 72 valence electrons. The number of halogens is 1. The van der Waals surface area contributed by atoms with Gasteiger partial charge in [-0.15, -0.1) is 0 Å². The average Bonchev–Trinajstić information content (AvgIpc) is 2.71. The zero-order valence-corrected chi connectivity index (χ0v) is 7.46. The highest BCUT2D eigenvalue weighted by Crippen LogP contribution is 2.23. The van der Waals surface area contributed by atoms with E-state index in [1.807, 2.05) is 6.92 Å². The van der Waals surface area contributed by atoms with Gasteiger partial charge in [-0.05, 0) is 0 Å². The van der Waals surface area contributed by atoms with Crippen molar-refractivity contribution in [1.82, 2.24) is 15.5 Å². The molecule has 2 rings (SSSR count). The van der Waals surface area contributed by atoms with Gasteiger partial charge in [0.2, 0.25) is 5.89 Å². The van der Waals surface area contributed by atoms with Gasteiger partial charge < -0.3 is 9.84 Å². The molecule has 1 saturated heterocycles. The van der Waals surface area contributed by atoms with Crippen molar-refractivity contribution in [2.45, 2.75) is 32.0 Å². The Balaban J connectivity index is 2.08. The van der Waals surface area contributed by atoms with Crippen molar-refractivity contribution in [2.24, 2.45) is 0 Å². The van der Waals surface area contributed by atoms with Crippen LogP contribution in [0.5, 0.6) is 0 Å². The maximum atomic E-state index is 12.8. The van der Waals surface area contributed by atoms with E-state index in [0.29, 0.717) is 24.7 Å². The van der Waals surface area contributed by atoms with Crippen molar-refractivity contribution in [3.8, 4) is 0 Å². The number of hydrogen-bond acceptors (Lipinski definition) is 4. The van der Waals surface area contributed by atoms with Gasteiger partial charge in [0.1, 0.15) is 6.17 Å². The van der Waals surface area contributed by atoms with Crippen molar-refractivity contribution < 1.29 is 8.91 Å². The molecular weight excluding hydrogens is 173 g/mol. The second kappa shape index (κ2) is 3.41. The Hall–Kier alpha value is -0.970. The highest BCUT2D eigenvalue weighted by molar-refractivity contribution is 4.97. The smallest absolute Gasteiger partial charge is 0.243 e. The van der Waals surface area contributed by atoms with Gasteiger partial charge in [-0.25, -0.2) is 4.39 Å². The summed E-state index contributed by atoms with van der Waals surface area (Å²) >= 11 is 0. The number of nitrogens with one attached hydrogen (secondary N) is 1. The first kappa shape index (κ1) is 8.62. The van der Waals surface area contributed by atoms with Gasteiger partial charge in [-0.2, -0.15) is 4.98 Å². The molecule has 0 amide bonds. The molecule has 1 aliphatic rings. The fraction of sp³-hybridized carbons (Fsp3) is 0.750. The van der Waals surface area contributed by atoms with Gasteiger partial charge in [-0.3, -0.25) is 0 Å². The van der Waals surface area contributed by atoms with Crippen LogP contribution in [0.25, 0.3) is 0 Å². The minimum Gasteiger partial charge on any atom is -0.338 e. The van der Waals surface area contributed by atoms with Crippen molar-refractivity contribution in [3.63, 3.8) is 0 Å². The van der Waals surface area contributed by atoms with Gasteiger partial charge in [0, 0.05) is 19.4 Å². The van der Waals surface area contributed by atoms with E-state index in [1.54, 1.807) is 0 Å². The Kier molecular flexibility index (Phi) is 2.26. The number of aryl methyl sites for hydroxylation is 1. The molecule has 1 aromatic rings. The van der Waals surface area contributed by atoms with E-state index in [9.17, 15) is 4.39 Å². The Bertz CT molecular complexity index is 289. The SMILES string of the molecule is CCc1noc(C2CC(F)CN2)n1. The maximum absolute atomic E-state index is 12.8. The molecule has 1 aromatic heterocycles. The predicted molar refractivity (Wildman–Crippen MR) is 43.9 cm³/mol. The maximum Gasteiger partial charge on any atom is 0.243 e. The second-order valence-corrected chi connectivity index (χ2v) is 3.20. The van der Waals surface area contributed by atoms with Crippen LogP contribution in [0.4, 0.5) is 4.39 Å². The molecule has 0 aliphatic carbocycles. The largest absolute Gasteiger partial charge is 0.338 e. The van der Waals surface area contributed by atoms with Crippen molar-refractivity contribution in [3.05, 3.63) is 11.7 Å². The zero-order chi connectivity index (χ0) is 9.26. The number of alkyl halides is 1. The molecule has 0 saturated carbocycles. The van der Waals surface area contributed by atoms with E-state index in [2.05, 4.69) is 15.5 Å². The molecule has 2 heterocycles. The van der Waals surface area contributed by atoms with Crippen LogP contribution in [0.15, 0.2) is 4.52 Å². The fourth-order valence-electron chi connectivity index (χ4n) is 1.43. The van der Waals surface area contributed by atoms with Crippen LogP contribution >= 0.6 is 0 Å². The molecule has 1 fully saturated rings. The minimum atomic E-state index is -0.790. The molecule has 1 aliphatic heterocycles. The highest BCUT2D eigenvalue weighted by atomic mass is 19.1. The summed E-state index contributed by atoms with van der Waals surface area (Å²) in [4.78, 5) is 4.14. The Morgan fingerprint density at radius 1 is 1.69 bits per heavy atom. The van der Waals surface area contributed by atoms with Crippen LogP contribution in [-0.4, -0.2) is 22.9 Å². The molecule has 0 bridgehead atoms. The minimum absolute atomic E-state index is 0.0946.